The van der Waals surface area contributed by atoms with Crippen LogP contribution in [0.4, 0.5) is 0 Å². The Bertz CT molecular complexity index is 493. The van der Waals surface area contributed by atoms with Crippen LogP contribution in [0.2, 0.25) is 0 Å². The van der Waals surface area contributed by atoms with Gasteiger partial charge in [-0.25, -0.2) is 4.98 Å². The van der Waals surface area contributed by atoms with Crippen molar-refractivity contribution in [3.63, 3.8) is 0 Å². The summed E-state index contributed by atoms with van der Waals surface area (Å²) < 4.78 is 5.89. The first kappa shape index (κ1) is 12.7. The Labute approximate surface area is 114 Å². The highest BCUT2D eigenvalue weighted by Gasteiger charge is 2.24. The summed E-state index contributed by atoms with van der Waals surface area (Å²) in [6, 6.07) is 8.05. The van der Waals surface area contributed by atoms with Gasteiger partial charge in [0.1, 0.15) is 5.52 Å². The normalized spacial score (nSPS) is 18.2. The molecule has 1 aromatic heterocycles. The molecule has 1 saturated heterocycles. The molecule has 0 bridgehead atoms. The lowest BCUT2D eigenvalue weighted by Crippen LogP contribution is -2.33. The number of piperidine rings is 1. The van der Waals surface area contributed by atoms with Crippen molar-refractivity contribution in [2.45, 2.75) is 38.5 Å². The zero-order chi connectivity index (χ0) is 13.1. The van der Waals surface area contributed by atoms with Crippen molar-refractivity contribution in [1.29, 1.82) is 0 Å². The van der Waals surface area contributed by atoms with Gasteiger partial charge in [0.25, 0.3) is 0 Å². The Morgan fingerprint density at radius 3 is 2.79 bits per heavy atom. The molecule has 0 aliphatic carbocycles. The first-order valence-electron chi connectivity index (χ1n) is 7.44. The molecule has 1 aliphatic heterocycles. The third-order valence-corrected chi connectivity index (χ3v) is 4.08. The average Bonchev–Trinajstić information content (AvgIpc) is 2.89. The second-order valence-electron chi connectivity index (χ2n) is 5.49. The van der Waals surface area contributed by atoms with E-state index < -0.39 is 0 Å². The Morgan fingerprint density at radius 2 is 2.05 bits per heavy atom. The van der Waals surface area contributed by atoms with Crippen LogP contribution in [0.3, 0.4) is 0 Å². The van der Waals surface area contributed by atoms with Gasteiger partial charge in [-0.1, -0.05) is 25.5 Å². The fourth-order valence-electron chi connectivity index (χ4n) is 2.85. The van der Waals surface area contributed by atoms with Gasteiger partial charge in [0, 0.05) is 5.92 Å². The Hall–Kier alpha value is -1.35. The topological polar surface area (TPSA) is 29.3 Å². The van der Waals surface area contributed by atoms with Crippen molar-refractivity contribution in [3.05, 3.63) is 30.2 Å². The molecule has 1 aromatic carbocycles. The molecule has 3 nitrogen and oxygen atoms in total. The van der Waals surface area contributed by atoms with E-state index in [1.54, 1.807) is 0 Å². The van der Waals surface area contributed by atoms with E-state index in [0.29, 0.717) is 5.92 Å². The van der Waals surface area contributed by atoms with Gasteiger partial charge >= 0.3 is 0 Å². The van der Waals surface area contributed by atoms with Crippen LogP contribution in [0, 0.1) is 0 Å². The molecular weight excluding hydrogens is 236 g/mol. The lowest BCUT2D eigenvalue weighted by molar-refractivity contribution is 0.199. The molecule has 0 saturated carbocycles. The fourth-order valence-corrected chi connectivity index (χ4v) is 2.85. The summed E-state index contributed by atoms with van der Waals surface area (Å²) in [7, 11) is 0. The maximum Gasteiger partial charge on any atom is 0.198 e. The molecule has 1 aliphatic rings. The quantitative estimate of drug-likeness (QED) is 0.835. The third kappa shape index (κ3) is 2.81. The minimum atomic E-state index is 0.505. The van der Waals surface area contributed by atoms with Crippen LogP contribution >= 0.6 is 0 Å². The van der Waals surface area contributed by atoms with Gasteiger partial charge in [0.05, 0.1) is 0 Å². The van der Waals surface area contributed by atoms with Gasteiger partial charge in [-0.2, -0.15) is 0 Å². The van der Waals surface area contributed by atoms with Gasteiger partial charge < -0.3 is 9.32 Å². The van der Waals surface area contributed by atoms with E-state index in [9.17, 15) is 0 Å². The number of fused-ring (bicyclic) bond motifs is 1. The lowest BCUT2D eigenvalue weighted by atomic mass is 9.96. The van der Waals surface area contributed by atoms with Crippen molar-refractivity contribution in [3.8, 4) is 0 Å². The predicted octanol–water partition coefficient (Wildman–Crippen LogP) is 3.81. The number of unbranched alkanes of at least 4 members (excludes halogenated alkanes) is 1. The van der Waals surface area contributed by atoms with Crippen molar-refractivity contribution in [2.75, 3.05) is 19.6 Å². The molecule has 1 fully saturated rings. The number of hydrogen-bond acceptors (Lipinski definition) is 3. The standard InChI is InChI=1S/C16H22N2O/c1-2-3-10-18-11-8-13(9-12-18)16-17-14-6-4-5-7-15(14)19-16/h4-7,13H,2-3,8-12H2,1H3. The highest BCUT2D eigenvalue weighted by atomic mass is 16.3. The summed E-state index contributed by atoms with van der Waals surface area (Å²) in [6.45, 7) is 5.87. The summed E-state index contributed by atoms with van der Waals surface area (Å²) in [5.74, 6) is 1.45. The van der Waals surface area contributed by atoms with E-state index in [4.69, 9.17) is 4.42 Å². The molecule has 3 heteroatoms. The van der Waals surface area contributed by atoms with Crippen LogP contribution in [0.25, 0.3) is 11.1 Å². The van der Waals surface area contributed by atoms with Gasteiger partial charge in [-0.05, 0) is 51.0 Å². The summed E-state index contributed by atoms with van der Waals surface area (Å²) in [5, 5.41) is 0. The average molecular weight is 258 g/mol. The molecule has 2 aromatic rings. The van der Waals surface area contributed by atoms with Gasteiger partial charge in [0.15, 0.2) is 11.5 Å². The van der Waals surface area contributed by atoms with Crippen molar-refractivity contribution < 1.29 is 4.42 Å². The lowest BCUT2D eigenvalue weighted by Gasteiger charge is -2.30. The fraction of sp³-hybridized carbons (Fsp3) is 0.562. The molecule has 0 N–H and O–H groups in total. The summed E-state index contributed by atoms with van der Waals surface area (Å²) in [5.41, 5.74) is 1.91. The van der Waals surface area contributed by atoms with Crippen LogP contribution in [0.5, 0.6) is 0 Å². The zero-order valence-electron chi connectivity index (χ0n) is 11.6. The Balaban J connectivity index is 1.64. The molecule has 2 heterocycles. The number of aromatic nitrogens is 1. The highest BCUT2D eigenvalue weighted by molar-refractivity contribution is 5.72. The van der Waals surface area contributed by atoms with Crippen molar-refractivity contribution in [1.82, 2.24) is 9.88 Å². The van der Waals surface area contributed by atoms with Crippen molar-refractivity contribution >= 4 is 11.1 Å². The largest absolute Gasteiger partial charge is 0.440 e. The van der Waals surface area contributed by atoms with Gasteiger partial charge in [-0.15, -0.1) is 0 Å². The van der Waals surface area contributed by atoms with E-state index in [1.165, 1.54) is 45.3 Å². The number of para-hydroxylation sites is 2. The zero-order valence-corrected chi connectivity index (χ0v) is 11.6. The number of rotatable bonds is 4. The first-order valence-corrected chi connectivity index (χ1v) is 7.44. The minimum Gasteiger partial charge on any atom is -0.440 e. The van der Waals surface area contributed by atoms with E-state index in [1.807, 2.05) is 24.3 Å². The van der Waals surface area contributed by atoms with Crippen LogP contribution in [-0.2, 0) is 0 Å². The maximum absolute atomic E-state index is 5.89. The number of benzene rings is 1. The molecule has 3 rings (SSSR count). The first-order chi connectivity index (χ1) is 9.36. The molecule has 0 amide bonds. The second-order valence-corrected chi connectivity index (χ2v) is 5.49. The van der Waals surface area contributed by atoms with Crippen LogP contribution in [-0.4, -0.2) is 29.5 Å². The van der Waals surface area contributed by atoms with E-state index >= 15 is 0 Å². The van der Waals surface area contributed by atoms with Crippen LogP contribution < -0.4 is 0 Å². The number of oxazole rings is 1. The Morgan fingerprint density at radius 1 is 1.26 bits per heavy atom. The summed E-state index contributed by atoms with van der Waals surface area (Å²) in [4.78, 5) is 7.21. The monoisotopic (exact) mass is 258 g/mol. The molecule has 0 spiro atoms. The molecule has 0 unspecified atom stereocenters. The molecule has 0 atom stereocenters. The Kier molecular flexibility index (Phi) is 3.83. The highest BCUT2D eigenvalue weighted by Crippen LogP contribution is 2.29. The summed E-state index contributed by atoms with van der Waals surface area (Å²) in [6.07, 6.45) is 4.95. The minimum absolute atomic E-state index is 0.505. The smallest absolute Gasteiger partial charge is 0.198 e. The maximum atomic E-state index is 5.89. The number of nitrogens with zero attached hydrogens (tertiary/aromatic N) is 2. The van der Waals surface area contributed by atoms with Gasteiger partial charge in [0.2, 0.25) is 0 Å². The summed E-state index contributed by atoms with van der Waals surface area (Å²) >= 11 is 0. The van der Waals surface area contributed by atoms with E-state index in [0.717, 1.165) is 17.0 Å². The van der Waals surface area contributed by atoms with E-state index in [2.05, 4.69) is 16.8 Å². The third-order valence-electron chi connectivity index (χ3n) is 4.08. The molecule has 102 valence electrons. The van der Waals surface area contributed by atoms with Crippen LogP contribution in [0.15, 0.2) is 28.7 Å². The van der Waals surface area contributed by atoms with Crippen molar-refractivity contribution in [2.24, 2.45) is 0 Å². The molecule has 19 heavy (non-hydrogen) atoms. The second kappa shape index (κ2) is 5.74. The number of likely N-dealkylation sites (tertiary alicyclic amines) is 1. The van der Waals surface area contributed by atoms with Gasteiger partial charge in [-0.3, -0.25) is 0 Å². The number of hydrogen-bond donors (Lipinski definition) is 0. The molecule has 0 radical (unpaired) electrons. The van der Waals surface area contributed by atoms with E-state index in [-0.39, 0.29) is 0 Å². The van der Waals surface area contributed by atoms with Crippen LogP contribution in [0.1, 0.15) is 44.4 Å². The SMILES string of the molecule is CCCCN1CCC(c2nc3ccccc3o2)CC1. The molecular formula is C16H22N2O. The predicted molar refractivity (Wildman–Crippen MR) is 77.3 cm³/mol.